The zero-order valence-electron chi connectivity index (χ0n) is 7.20. The van der Waals surface area contributed by atoms with Crippen molar-refractivity contribution in [3.05, 3.63) is 42.5 Å². The van der Waals surface area contributed by atoms with E-state index in [0.29, 0.717) is 12.1 Å². The molecule has 0 saturated heterocycles. The average molecular weight is 181 g/mol. The summed E-state index contributed by atoms with van der Waals surface area (Å²) in [6, 6.07) is 2.59. The average Bonchev–Trinajstić information content (AvgIpc) is 2.16. The Morgan fingerprint density at radius 1 is 1.77 bits per heavy atom. The highest BCUT2D eigenvalue weighted by Gasteiger charge is 2.13. The van der Waals surface area contributed by atoms with Crippen LogP contribution in [0.2, 0.25) is 0 Å². The first-order valence-corrected chi connectivity index (χ1v) is 3.97. The fraction of sp³-hybridized carbons (Fsp3) is 0.222. The van der Waals surface area contributed by atoms with Crippen molar-refractivity contribution in [2.45, 2.75) is 12.5 Å². The largest absolute Gasteiger partial charge is 0.271 e. The molecule has 0 radical (unpaired) electrons. The molecule has 0 aliphatic carbocycles. The van der Waals surface area contributed by atoms with Gasteiger partial charge in [0.2, 0.25) is 0 Å². The number of rotatable bonds is 4. The second-order valence-corrected chi connectivity index (χ2v) is 2.61. The normalized spacial score (nSPS) is 12.5. The lowest BCUT2D eigenvalue weighted by Crippen LogP contribution is -2.29. The molecule has 3 N–H and O–H groups in total. The molecule has 1 aromatic rings. The van der Waals surface area contributed by atoms with Crippen molar-refractivity contribution >= 4 is 0 Å². The molecular weight excluding hydrogens is 169 g/mol. The molecular formula is C9H12FN3. The van der Waals surface area contributed by atoms with Gasteiger partial charge in [0, 0.05) is 6.20 Å². The summed E-state index contributed by atoms with van der Waals surface area (Å²) < 4.78 is 13.2. The van der Waals surface area contributed by atoms with Crippen molar-refractivity contribution in [3.63, 3.8) is 0 Å². The standard InChI is InChI=1S/C9H12FN3/c1-2-4-8(13-11)9-7(10)5-3-6-12-9/h2-3,5-6,8,13H,1,4,11H2. The van der Waals surface area contributed by atoms with Gasteiger partial charge in [0.25, 0.3) is 0 Å². The van der Waals surface area contributed by atoms with Gasteiger partial charge in [0.1, 0.15) is 5.82 Å². The van der Waals surface area contributed by atoms with E-state index in [9.17, 15) is 4.39 Å². The molecule has 0 spiro atoms. The van der Waals surface area contributed by atoms with E-state index >= 15 is 0 Å². The first-order valence-electron chi connectivity index (χ1n) is 3.97. The van der Waals surface area contributed by atoms with Crippen LogP contribution in [0.4, 0.5) is 4.39 Å². The van der Waals surface area contributed by atoms with Gasteiger partial charge >= 0.3 is 0 Å². The van der Waals surface area contributed by atoms with E-state index in [2.05, 4.69) is 17.0 Å². The summed E-state index contributed by atoms with van der Waals surface area (Å²) in [7, 11) is 0. The molecule has 0 bridgehead atoms. The molecule has 0 aliphatic heterocycles. The summed E-state index contributed by atoms with van der Waals surface area (Å²) in [4.78, 5) is 3.90. The molecule has 70 valence electrons. The predicted octanol–water partition coefficient (Wildman–Crippen LogP) is 1.30. The molecule has 1 atom stereocenters. The molecule has 13 heavy (non-hydrogen) atoms. The van der Waals surface area contributed by atoms with Crippen molar-refractivity contribution in [1.29, 1.82) is 0 Å². The van der Waals surface area contributed by atoms with Crippen molar-refractivity contribution < 1.29 is 4.39 Å². The van der Waals surface area contributed by atoms with Gasteiger partial charge in [0.15, 0.2) is 0 Å². The Morgan fingerprint density at radius 3 is 3.08 bits per heavy atom. The Morgan fingerprint density at radius 2 is 2.54 bits per heavy atom. The van der Waals surface area contributed by atoms with Crippen LogP contribution >= 0.6 is 0 Å². The Labute approximate surface area is 76.4 Å². The Balaban J connectivity index is 2.90. The van der Waals surface area contributed by atoms with Gasteiger partial charge in [-0.25, -0.2) is 4.39 Å². The molecule has 0 aliphatic rings. The smallest absolute Gasteiger partial charge is 0.146 e. The number of nitrogens with one attached hydrogen (secondary N) is 1. The maximum Gasteiger partial charge on any atom is 0.146 e. The number of hydrogen-bond donors (Lipinski definition) is 2. The zero-order valence-corrected chi connectivity index (χ0v) is 7.20. The molecule has 1 heterocycles. The molecule has 3 nitrogen and oxygen atoms in total. The van der Waals surface area contributed by atoms with Crippen LogP contribution in [0.1, 0.15) is 18.2 Å². The fourth-order valence-electron chi connectivity index (χ4n) is 1.08. The van der Waals surface area contributed by atoms with E-state index in [1.54, 1.807) is 12.1 Å². The third-order valence-corrected chi connectivity index (χ3v) is 1.72. The number of nitrogens with two attached hydrogens (primary N) is 1. The molecule has 1 unspecified atom stereocenters. The molecule has 4 heteroatoms. The summed E-state index contributed by atoms with van der Waals surface area (Å²) in [6.45, 7) is 3.56. The second-order valence-electron chi connectivity index (χ2n) is 2.61. The Hall–Kier alpha value is -1.26. The van der Waals surface area contributed by atoms with Crippen LogP contribution < -0.4 is 11.3 Å². The van der Waals surface area contributed by atoms with Crippen LogP contribution in [0, 0.1) is 5.82 Å². The summed E-state index contributed by atoms with van der Waals surface area (Å²) in [5.41, 5.74) is 2.81. The third kappa shape index (κ3) is 2.34. The molecule has 0 fully saturated rings. The summed E-state index contributed by atoms with van der Waals surface area (Å²) in [5.74, 6) is 4.90. The molecule has 0 amide bonds. The first kappa shape index (κ1) is 9.83. The first-order chi connectivity index (χ1) is 6.29. The van der Waals surface area contributed by atoms with Crippen LogP contribution in [0.3, 0.4) is 0 Å². The van der Waals surface area contributed by atoms with Crippen molar-refractivity contribution in [2.24, 2.45) is 5.84 Å². The lowest BCUT2D eigenvalue weighted by molar-refractivity contribution is 0.501. The van der Waals surface area contributed by atoms with Crippen LogP contribution in [0.5, 0.6) is 0 Å². The molecule has 0 saturated carbocycles. The predicted molar refractivity (Wildman–Crippen MR) is 49.1 cm³/mol. The lowest BCUT2D eigenvalue weighted by atomic mass is 10.1. The van der Waals surface area contributed by atoms with Gasteiger partial charge in [-0.3, -0.25) is 16.3 Å². The van der Waals surface area contributed by atoms with E-state index in [4.69, 9.17) is 5.84 Å². The fourth-order valence-corrected chi connectivity index (χ4v) is 1.08. The van der Waals surface area contributed by atoms with Crippen molar-refractivity contribution in [1.82, 2.24) is 10.4 Å². The van der Waals surface area contributed by atoms with Gasteiger partial charge in [-0.1, -0.05) is 6.08 Å². The van der Waals surface area contributed by atoms with Crippen LogP contribution in [-0.4, -0.2) is 4.98 Å². The zero-order chi connectivity index (χ0) is 9.68. The van der Waals surface area contributed by atoms with Gasteiger partial charge in [0.05, 0.1) is 11.7 Å². The van der Waals surface area contributed by atoms with Crippen LogP contribution in [0.15, 0.2) is 31.0 Å². The van der Waals surface area contributed by atoms with Crippen LogP contribution in [0.25, 0.3) is 0 Å². The van der Waals surface area contributed by atoms with Gasteiger partial charge in [-0.2, -0.15) is 0 Å². The second kappa shape index (κ2) is 4.69. The summed E-state index contributed by atoms with van der Waals surface area (Å²) in [6.07, 6.45) is 3.74. The van der Waals surface area contributed by atoms with Crippen molar-refractivity contribution in [2.75, 3.05) is 0 Å². The summed E-state index contributed by atoms with van der Waals surface area (Å²) in [5, 5.41) is 0. The van der Waals surface area contributed by atoms with E-state index in [1.165, 1.54) is 12.3 Å². The van der Waals surface area contributed by atoms with E-state index in [0.717, 1.165) is 0 Å². The summed E-state index contributed by atoms with van der Waals surface area (Å²) >= 11 is 0. The molecule has 1 rings (SSSR count). The number of pyridine rings is 1. The number of aromatic nitrogens is 1. The van der Waals surface area contributed by atoms with E-state index in [-0.39, 0.29) is 11.9 Å². The van der Waals surface area contributed by atoms with E-state index in [1.807, 2.05) is 0 Å². The number of nitrogens with zero attached hydrogens (tertiary/aromatic N) is 1. The quantitative estimate of drug-likeness (QED) is 0.418. The maximum absolute atomic E-state index is 13.2. The highest BCUT2D eigenvalue weighted by atomic mass is 19.1. The highest BCUT2D eigenvalue weighted by Crippen LogP contribution is 2.16. The minimum atomic E-state index is -0.354. The SMILES string of the molecule is C=CCC(NN)c1ncccc1F. The van der Waals surface area contributed by atoms with Gasteiger partial charge < -0.3 is 0 Å². The minimum Gasteiger partial charge on any atom is -0.271 e. The third-order valence-electron chi connectivity index (χ3n) is 1.72. The minimum absolute atomic E-state index is 0.307. The Kier molecular flexibility index (Phi) is 3.54. The molecule has 1 aromatic heterocycles. The number of hydrazine groups is 1. The van der Waals surface area contributed by atoms with E-state index < -0.39 is 0 Å². The monoisotopic (exact) mass is 181 g/mol. The van der Waals surface area contributed by atoms with Crippen molar-refractivity contribution in [3.8, 4) is 0 Å². The number of hydrogen-bond acceptors (Lipinski definition) is 3. The molecule has 0 aromatic carbocycles. The van der Waals surface area contributed by atoms with Crippen LogP contribution in [-0.2, 0) is 0 Å². The lowest BCUT2D eigenvalue weighted by Gasteiger charge is -2.13. The number of halogens is 1. The topological polar surface area (TPSA) is 50.9 Å². The maximum atomic E-state index is 13.2. The highest BCUT2D eigenvalue weighted by molar-refractivity contribution is 5.12. The Bertz CT molecular complexity index is 288. The van der Waals surface area contributed by atoms with Gasteiger partial charge in [-0.15, -0.1) is 6.58 Å². The van der Waals surface area contributed by atoms with Gasteiger partial charge in [-0.05, 0) is 18.6 Å².